The molecular formula is C22H24N2O5. The third-order valence-corrected chi connectivity index (χ3v) is 4.94. The van der Waals surface area contributed by atoms with E-state index in [1.54, 1.807) is 31.4 Å². The van der Waals surface area contributed by atoms with E-state index in [4.69, 9.17) is 9.47 Å². The number of hydrogen-bond acceptors (Lipinski definition) is 5. The predicted octanol–water partition coefficient (Wildman–Crippen LogP) is 2.19. The monoisotopic (exact) mass is 396 g/mol. The molecule has 1 unspecified atom stereocenters. The summed E-state index contributed by atoms with van der Waals surface area (Å²) in [5, 5.41) is 2.90. The number of amides is 2. The van der Waals surface area contributed by atoms with Gasteiger partial charge in [0.2, 0.25) is 11.8 Å². The summed E-state index contributed by atoms with van der Waals surface area (Å²) >= 11 is 0. The first-order valence-electron chi connectivity index (χ1n) is 9.42. The molecule has 1 atom stereocenters. The summed E-state index contributed by atoms with van der Waals surface area (Å²) in [5.41, 5.74) is 1.83. The second kappa shape index (κ2) is 9.23. The van der Waals surface area contributed by atoms with Gasteiger partial charge in [0.25, 0.3) is 0 Å². The highest BCUT2D eigenvalue weighted by Crippen LogP contribution is 2.28. The van der Waals surface area contributed by atoms with E-state index in [-0.39, 0.29) is 24.8 Å². The maximum absolute atomic E-state index is 12.5. The van der Waals surface area contributed by atoms with Gasteiger partial charge < -0.3 is 19.7 Å². The number of esters is 1. The summed E-state index contributed by atoms with van der Waals surface area (Å²) in [5.74, 6) is -0.554. The summed E-state index contributed by atoms with van der Waals surface area (Å²) in [7, 11) is 2.91. The van der Waals surface area contributed by atoms with Crippen LogP contribution < -0.4 is 15.0 Å². The van der Waals surface area contributed by atoms with Crippen molar-refractivity contribution in [1.29, 1.82) is 0 Å². The van der Waals surface area contributed by atoms with E-state index in [1.165, 1.54) is 12.0 Å². The molecule has 2 aromatic carbocycles. The Balaban J connectivity index is 1.60. The Hall–Kier alpha value is -3.35. The third-order valence-electron chi connectivity index (χ3n) is 4.94. The molecule has 0 radical (unpaired) electrons. The quantitative estimate of drug-likeness (QED) is 0.726. The molecule has 1 aliphatic heterocycles. The van der Waals surface area contributed by atoms with Crippen molar-refractivity contribution in [2.24, 2.45) is 5.92 Å². The Labute approximate surface area is 169 Å². The Morgan fingerprint density at radius 1 is 1.14 bits per heavy atom. The number of para-hydroxylation sites is 1. The first kappa shape index (κ1) is 20.4. The largest absolute Gasteiger partial charge is 0.497 e. The second-order valence-corrected chi connectivity index (χ2v) is 6.81. The smallest absolute Gasteiger partial charge is 0.339 e. The third kappa shape index (κ3) is 4.74. The summed E-state index contributed by atoms with van der Waals surface area (Å²) in [6.07, 6.45) is 0.777. The van der Waals surface area contributed by atoms with Gasteiger partial charge >= 0.3 is 5.97 Å². The van der Waals surface area contributed by atoms with Gasteiger partial charge in [-0.05, 0) is 36.2 Å². The Morgan fingerprint density at radius 2 is 1.93 bits per heavy atom. The minimum Gasteiger partial charge on any atom is -0.497 e. The van der Waals surface area contributed by atoms with Crippen LogP contribution in [0.5, 0.6) is 5.75 Å². The molecule has 0 aromatic heterocycles. The van der Waals surface area contributed by atoms with Crippen LogP contribution in [0.1, 0.15) is 22.3 Å². The average Bonchev–Trinajstić information content (AvgIpc) is 3.14. The molecule has 0 aliphatic carbocycles. The zero-order chi connectivity index (χ0) is 20.8. The summed E-state index contributed by atoms with van der Waals surface area (Å²) in [6, 6.07) is 14.4. The Morgan fingerprint density at radius 3 is 2.69 bits per heavy atom. The van der Waals surface area contributed by atoms with Gasteiger partial charge in [0.1, 0.15) is 5.75 Å². The summed E-state index contributed by atoms with van der Waals surface area (Å²) in [4.78, 5) is 38.5. The zero-order valence-electron chi connectivity index (χ0n) is 16.5. The highest BCUT2D eigenvalue weighted by atomic mass is 16.5. The van der Waals surface area contributed by atoms with E-state index >= 15 is 0 Å². The molecule has 3 rings (SSSR count). The lowest BCUT2D eigenvalue weighted by Gasteiger charge is -2.19. The molecular weight excluding hydrogens is 372 g/mol. The fourth-order valence-electron chi connectivity index (χ4n) is 3.41. The molecule has 1 saturated heterocycles. The van der Waals surface area contributed by atoms with Gasteiger partial charge in [-0.3, -0.25) is 9.59 Å². The van der Waals surface area contributed by atoms with Crippen molar-refractivity contribution < 1.29 is 23.9 Å². The standard InChI is InChI=1S/C22H24N2O5/c1-28-17-7-5-6-15(12-17)10-11-23-21(26)16-13-20(25)24(14-16)19-9-4-3-8-18(19)22(27)29-2/h3-9,12,16H,10-11,13-14H2,1-2H3,(H,23,26). The number of hydrogen-bond donors (Lipinski definition) is 1. The molecule has 1 aliphatic rings. The van der Waals surface area contributed by atoms with Crippen LogP contribution in [0.2, 0.25) is 0 Å². The van der Waals surface area contributed by atoms with Crippen molar-refractivity contribution in [1.82, 2.24) is 5.32 Å². The number of carbonyl (C=O) groups is 3. The molecule has 0 saturated carbocycles. The summed E-state index contributed by atoms with van der Waals surface area (Å²) < 4.78 is 9.99. The van der Waals surface area contributed by atoms with Crippen LogP contribution >= 0.6 is 0 Å². The van der Waals surface area contributed by atoms with Crippen molar-refractivity contribution >= 4 is 23.5 Å². The zero-order valence-corrected chi connectivity index (χ0v) is 16.5. The number of rotatable bonds is 7. The molecule has 1 N–H and O–H groups in total. The molecule has 1 heterocycles. The minimum absolute atomic E-state index is 0.112. The topological polar surface area (TPSA) is 84.9 Å². The lowest BCUT2D eigenvalue weighted by molar-refractivity contribution is -0.126. The number of nitrogens with one attached hydrogen (secondary N) is 1. The number of ether oxygens (including phenoxy) is 2. The molecule has 29 heavy (non-hydrogen) atoms. The van der Waals surface area contributed by atoms with Crippen LogP contribution in [0.15, 0.2) is 48.5 Å². The molecule has 1 fully saturated rings. The van der Waals surface area contributed by atoms with Crippen LogP contribution in [0, 0.1) is 5.92 Å². The van der Waals surface area contributed by atoms with E-state index in [2.05, 4.69) is 5.32 Å². The van der Waals surface area contributed by atoms with Crippen molar-refractivity contribution in [2.75, 3.05) is 32.2 Å². The van der Waals surface area contributed by atoms with Gasteiger partial charge in [0.15, 0.2) is 0 Å². The van der Waals surface area contributed by atoms with Gasteiger partial charge in [0.05, 0.1) is 31.4 Å². The maximum Gasteiger partial charge on any atom is 0.339 e. The van der Waals surface area contributed by atoms with E-state index in [0.29, 0.717) is 24.2 Å². The number of benzene rings is 2. The van der Waals surface area contributed by atoms with Crippen LogP contribution in [-0.4, -0.2) is 45.1 Å². The number of methoxy groups -OCH3 is 2. The van der Waals surface area contributed by atoms with Gasteiger partial charge in [-0.25, -0.2) is 4.79 Å². The van der Waals surface area contributed by atoms with E-state index in [9.17, 15) is 14.4 Å². The van der Waals surface area contributed by atoms with Gasteiger partial charge in [-0.1, -0.05) is 24.3 Å². The van der Waals surface area contributed by atoms with Crippen molar-refractivity contribution in [3.8, 4) is 5.75 Å². The highest BCUT2D eigenvalue weighted by molar-refractivity contribution is 6.05. The van der Waals surface area contributed by atoms with Crippen LogP contribution in [0.3, 0.4) is 0 Å². The molecule has 2 aromatic rings. The number of anilines is 1. The van der Waals surface area contributed by atoms with E-state index in [1.807, 2.05) is 24.3 Å². The molecule has 0 spiro atoms. The second-order valence-electron chi connectivity index (χ2n) is 6.81. The molecule has 2 amide bonds. The lowest BCUT2D eigenvalue weighted by atomic mass is 10.1. The van der Waals surface area contributed by atoms with Crippen LogP contribution in [0.4, 0.5) is 5.69 Å². The predicted molar refractivity (Wildman–Crippen MR) is 108 cm³/mol. The van der Waals surface area contributed by atoms with E-state index < -0.39 is 11.9 Å². The number of carbonyl (C=O) groups excluding carboxylic acids is 3. The van der Waals surface area contributed by atoms with Gasteiger partial charge in [-0.2, -0.15) is 0 Å². The van der Waals surface area contributed by atoms with Crippen molar-refractivity contribution in [3.63, 3.8) is 0 Å². The van der Waals surface area contributed by atoms with Crippen LogP contribution in [-0.2, 0) is 20.7 Å². The van der Waals surface area contributed by atoms with Gasteiger partial charge in [0, 0.05) is 19.5 Å². The van der Waals surface area contributed by atoms with Crippen LogP contribution in [0.25, 0.3) is 0 Å². The molecule has 0 bridgehead atoms. The van der Waals surface area contributed by atoms with E-state index in [0.717, 1.165) is 11.3 Å². The fourth-order valence-corrected chi connectivity index (χ4v) is 3.41. The SMILES string of the molecule is COC(=O)c1ccccc1N1CC(C(=O)NCCc2cccc(OC)c2)CC1=O. The first-order valence-corrected chi connectivity index (χ1v) is 9.42. The molecule has 7 nitrogen and oxygen atoms in total. The maximum atomic E-state index is 12.5. The lowest BCUT2D eigenvalue weighted by Crippen LogP contribution is -2.34. The van der Waals surface area contributed by atoms with Crippen molar-refractivity contribution in [2.45, 2.75) is 12.8 Å². The number of nitrogens with zero attached hydrogens (tertiary/aromatic N) is 1. The highest BCUT2D eigenvalue weighted by Gasteiger charge is 2.36. The van der Waals surface area contributed by atoms with Crippen molar-refractivity contribution in [3.05, 3.63) is 59.7 Å². The Bertz CT molecular complexity index is 912. The average molecular weight is 396 g/mol. The Kier molecular flexibility index (Phi) is 6.49. The minimum atomic E-state index is -0.514. The fraction of sp³-hybridized carbons (Fsp3) is 0.318. The normalized spacial score (nSPS) is 15.9. The molecule has 152 valence electrons. The first-order chi connectivity index (χ1) is 14.0. The summed E-state index contributed by atoms with van der Waals surface area (Å²) in [6.45, 7) is 0.702. The van der Waals surface area contributed by atoms with Gasteiger partial charge in [-0.15, -0.1) is 0 Å². The molecule has 7 heteroatoms.